The largest absolute Gasteiger partial charge is 0.392 e. The van der Waals surface area contributed by atoms with E-state index in [1.165, 1.54) is 19.3 Å². The summed E-state index contributed by atoms with van der Waals surface area (Å²) in [7, 11) is 0. The van der Waals surface area contributed by atoms with Crippen LogP contribution in [0.1, 0.15) is 46.0 Å². The summed E-state index contributed by atoms with van der Waals surface area (Å²) in [5, 5.41) is 13.1. The molecular formula is C10H21NO. The van der Waals surface area contributed by atoms with Gasteiger partial charge in [-0.15, -0.1) is 0 Å². The van der Waals surface area contributed by atoms with Gasteiger partial charge in [-0.05, 0) is 32.1 Å². The zero-order chi connectivity index (χ0) is 8.97. The van der Waals surface area contributed by atoms with Gasteiger partial charge in [-0.2, -0.15) is 0 Å². The Kier molecular flexibility index (Phi) is 4.02. The van der Waals surface area contributed by atoms with Gasteiger partial charge >= 0.3 is 0 Å². The molecule has 0 spiro atoms. The van der Waals surface area contributed by atoms with Gasteiger partial charge in [-0.3, -0.25) is 0 Å². The number of hydrogen-bond donors (Lipinski definition) is 2. The lowest BCUT2D eigenvalue weighted by Gasteiger charge is -2.22. The Balaban J connectivity index is 2.28. The summed E-state index contributed by atoms with van der Waals surface area (Å²) in [6.45, 7) is 4.39. The second-order valence-corrected chi connectivity index (χ2v) is 3.78. The number of hydrogen-bond acceptors (Lipinski definition) is 2. The number of aliphatic hydroxyl groups excluding tert-OH is 1. The van der Waals surface area contributed by atoms with Crippen molar-refractivity contribution in [3.05, 3.63) is 0 Å². The average molecular weight is 171 g/mol. The normalized spacial score (nSPS) is 30.0. The topological polar surface area (TPSA) is 32.3 Å². The molecule has 1 rings (SSSR count). The van der Waals surface area contributed by atoms with E-state index in [1.807, 2.05) is 0 Å². The van der Waals surface area contributed by atoms with Crippen LogP contribution in [0.25, 0.3) is 0 Å². The van der Waals surface area contributed by atoms with Crippen LogP contribution in [0, 0.1) is 0 Å². The number of nitrogens with one attached hydrogen (secondary N) is 1. The third kappa shape index (κ3) is 2.46. The van der Waals surface area contributed by atoms with Crippen LogP contribution in [0.15, 0.2) is 0 Å². The van der Waals surface area contributed by atoms with Gasteiger partial charge in [0.1, 0.15) is 0 Å². The van der Waals surface area contributed by atoms with Crippen LogP contribution < -0.4 is 5.32 Å². The van der Waals surface area contributed by atoms with Crippen molar-refractivity contribution in [2.75, 3.05) is 0 Å². The molecule has 2 unspecified atom stereocenters. The van der Waals surface area contributed by atoms with Gasteiger partial charge in [0, 0.05) is 12.1 Å². The Hall–Kier alpha value is -0.0800. The molecular weight excluding hydrogens is 150 g/mol. The van der Waals surface area contributed by atoms with Crippen molar-refractivity contribution in [1.29, 1.82) is 0 Å². The maximum absolute atomic E-state index is 9.57. The number of rotatable bonds is 4. The highest BCUT2D eigenvalue weighted by Crippen LogP contribution is 2.19. The van der Waals surface area contributed by atoms with E-state index in [4.69, 9.17) is 0 Å². The maximum Gasteiger partial charge on any atom is 0.0693 e. The highest BCUT2D eigenvalue weighted by molar-refractivity contribution is 4.84. The van der Waals surface area contributed by atoms with Crippen molar-refractivity contribution in [3.63, 3.8) is 0 Å². The molecule has 2 N–H and O–H groups in total. The van der Waals surface area contributed by atoms with Crippen molar-refractivity contribution in [2.24, 2.45) is 0 Å². The van der Waals surface area contributed by atoms with Crippen LogP contribution in [0.5, 0.6) is 0 Å². The molecule has 0 aromatic carbocycles. The van der Waals surface area contributed by atoms with Gasteiger partial charge in [0.15, 0.2) is 0 Å². The molecule has 1 aliphatic carbocycles. The third-order valence-electron chi connectivity index (χ3n) is 2.91. The van der Waals surface area contributed by atoms with Gasteiger partial charge in [0.05, 0.1) is 6.10 Å². The molecule has 0 saturated heterocycles. The standard InChI is InChI=1S/C10H21NO/c1-3-8(4-2)11-9-6-5-7-10(9)12/h8-12H,3-7H2,1-2H3. The van der Waals surface area contributed by atoms with Gasteiger partial charge in [0.25, 0.3) is 0 Å². The first-order valence-electron chi connectivity index (χ1n) is 5.22. The lowest BCUT2D eigenvalue weighted by molar-refractivity contribution is 0.141. The Bertz CT molecular complexity index is 123. The molecule has 12 heavy (non-hydrogen) atoms. The van der Waals surface area contributed by atoms with E-state index in [2.05, 4.69) is 19.2 Å². The average Bonchev–Trinajstić information content (AvgIpc) is 2.47. The maximum atomic E-state index is 9.57. The zero-order valence-electron chi connectivity index (χ0n) is 8.21. The Labute approximate surface area is 75.4 Å². The van der Waals surface area contributed by atoms with Gasteiger partial charge in [-0.25, -0.2) is 0 Å². The van der Waals surface area contributed by atoms with E-state index in [9.17, 15) is 5.11 Å². The first kappa shape index (κ1) is 10.0. The lowest BCUT2D eigenvalue weighted by Crippen LogP contribution is -2.42. The predicted octanol–water partition coefficient (Wildman–Crippen LogP) is 1.68. The minimum absolute atomic E-state index is 0.0920. The second-order valence-electron chi connectivity index (χ2n) is 3.78. The van der Waals surface area contributed by atoms with Crippen LogP contribution >= 0.6 is 0 Å². The molecule has 2 nitrogen and oxygen atoms in total. The van der Waals surface area contributed by atoms with E-state index < -0.39 is 0 Å². The molecule has 1 aliphatic rings. The molecule has 0 heterocycles. The van der Waals surface area contributed by atoms with Crippen LogP contribution in [-0.2, 0) is 0 Å². The Morgan fingerprint density at radius 2 is 2.00 bits per heavy atom. The first-order valence-corrected chi connectivity index (χ1v) is 5.22. The lowest BCUT2D eigenvalue weighted by atomic mass is 10.1. The summed E-state index contributed by atoms with van der Waals surface area (Å²) in [5.41, 5.74) is 0. The van der Waals surface area contributed by atoms with Gasteiger partial charge < -0.3 is 10.4 Å². The smallest absolute Gasteiger partial charge is 0.0693 e. The molecule has 2 atom stereocenters. The molecule has 72 valence electrons. The molecule has 0 radical (unpaired) electrons. The number of aliphatic hydroxyl groups is 1. The van der Waals surface area contributed by atoms with E-state index in [-0.39, 0.29) is 6.10 Å². The van der Waals surface area contributed by atoms with Crippen molar-refractivity contribution >= 4 is 0 Å². The fourth-order valence-electron chi connectivity index (χ4n) is 1.96. The van der Waals surface area contributed by atoms with Crippen molar-refractivity contribution in [2.45, 2.75) is 64.1 Å². The highest BCUT2D eigenvalue weighted by Gasteiger charge is 2.25. The molecule has 0 aromatic heterocycles. The minimum atomic E-state index is -0.0920. The predicted molar refractivity (Wildman–Crippen MR) is 51.2 cm³/mol. The fourth-order valence-corrected chi connectivity index (χ4v) is 1.96. The van der Waals surface area contributed by atoms with Crippen LogP contribution in [0.4, 0.5) is 0 Å². The summed E-state index contributed by atoms with van der Waals surface area (Å²) >= 11 is 0. The molecule has 0 amide bonds. The van der Waals surface area contributed by atoms with Gasteiger partial charge in [0.2, 0.25) is 0 Å². The van der Waals surface area contributed by atoms with Crippen molar-refractivity contribution in [1.82, 2.24) is 5.32 Å². The molecule has 0 bridgehead atoms. The molecule has 0 aromatic rings. The van der Waals surface area contributed by atoms with E-state index >= 15 is 0 Å². The monoisotopic (exact) mass is 171 g/mol. The Morgan fingerprint density at radius 3 is 2.42 bits per heavy atom. The highest BCUT2D eigenvalue weighted by atomic mass is 16.3. The van der Waals surface area contributed by atoms with E-state index in [0.717, 1.165) is 12.8 Å². The summed E-state index contributed by atoms with van der Waals surface area (Å²) in [6.07, 6.45) is 5.55. The minimum Gasteiger partial charge on any atom is -0.392 e. The zero-order valence-corrected chi connectivity index (χ0v) is 8.21. The van der Waals surface area contributed by atoms with Crippen molar-refractivity contribution < 1.29 is 5.11 Å². The van der Waals surface area contributed by atoms with E-state index in [0.29, 0.717) is 12.1 Å². The quantitative estimate of drug-likeness (QED) is 0.674. The fraction of sp³-hybridized carbons (Fsp3) is 1.00. The van der Waals surface area contributed by atoms with Crippen molar-refractivity contribution in [3.8, 4) is 0 Å². The molecule has 1 saturated carbocycles. The summed E-state index contributed by atoms with van der Waals surface area (Å²) < 4.78 is 0. The second kappa shape index (κ2) is 4.83. The molecule has 0 aliphatic heterocycles. The van der Waals surface area contributed by atoms with Crippen LogP contribution in [0.3, 0.4) is 0 Å². The third-order valence-corrected chi connectivity index (χ3v) is 2.91. The first-order chi connectivity index (χ1) is 5.77. The van der Waals surface area contributed by atoms with Crippen LogP contribution in [0.2, 0.25) is 0 Å². The molecule has 1 fully saturated rings. The Morgan fingerprint density at radius 1 is 1.33 bits per heavy atom. The summed E-state index contributed by atoms with van der Waals surface area (Å²) in [4.78, 5) is 0. The van der Waals surface area contributed by atoms with Gasteiger partial charge in [-0.1, -0.05) is 13.8 Å². The SMILES string of the molecule is CCC(CC)NC1CCCC1O. The summed E-state index contributed by atoms with van der Waals surface area (Å²) in [6, 6.07) is 0.970. The molecule has 2 heteroatoms. The van der Waals surface area contributed by atoms with E-state index in [1.54, 1.807) is 0 Å². The summed E-state index contributed by atoms with van der Waals surface area (Å²) in [5.74, 6) is 0. The van der Waals surface area contributed by atoms with Crippen LogP contribution in [-0.4, -0.2) is 23.3 Å².